The van der Waals surface area contributed by atoms with E-state index in [1.54, 1.807) is 0 Å². The zero-order chi connectivity index (χ0) is 13.5. The average Bonchev–Trinajstić information content (AvgIpc) is 2.74. The lowest BCUT2D eigenvalue weighted by atomic mass is 10.0. The van der Waals surface area contributed by atoms with Crippen LogP contribution in [-0.2, 0) is 4.79 Å². The van der Waals surface area contributed by atoms with Gasteiger partial charge in [0, 0.05) is 18.6 Å². The van der Waals surface area contributed by atoms with Crippen molar-refractivity contribution >= 4 is 5.91 Å². The zero-order valence-corrected chi connectivity index (χ0v) is 12.2. The Hall–Kier alpha value is -0.610. The van der Waals surface area contributed by atoms with Crippen LogP contribution in [0.4, 0.5) is 0 Å². The fraction of sp³-hybridized carbons (Fsp3) is 0.933. The average molecular weight is 267 g/mol. The van der Waals surface area contributed by atoms with E-state index in [1.165, 1.54) is 25.7 Å². The molecule has 0 bridgehead atoms. The van der Waals surface area contributed by atoms with Crippen LogP contribution in [0.3, 0.4) is 0 Å². The Kier molecular flexibility index (Phi) is 6.11. The Morgan fingerprint density at radius 1 is 1.16 bits per heavy atom. The van der Waals surface area contributed by atoms with Crippen LogP contribution in [0.25, 0.3) is 0 Å². The number of hydrogen-bond acceptors (Lipinski definition) is 3. The number of rotatable bonds is 4. The van der Waals surface area contributed by atoms with Gasteiger partial charge in [0.05, 0.1) is 6.04 Å². The SMILES string of the molecule is CC(CC1CCCCCN1)NC1CCCCNC1=O. The van der Waals surface area contributed by atoms with Gasteiger partial charge < -0.3 is 16.0 Å². The van der Waals surface area contributed by atoms with Crippen LogP contribution in [0.15, 0.2) is 0 Å². The third kappa shape index (κ3) is 5.11. The Labute approximate surface area is 117 Å². The first-order chi connectivity index (χ1) is 9.25. The van der Waals surface area contributed by atoms with Crippen molar-refractivity contribution in [2.45, 2.75) is 76.4 Å². The molecule has 2 rings (SSSR count). The molecule has 19 heavy (non-hydrogen) atoms. The van der Waals surface area contributed by atoms with Gasteiger partial charge in [-0.2, -0.15) is 0 Å². The second-order valence-electron chi connectivity index (χ2n) is 6.14. The zero-order valence-electron chi connectivity index (χ0n) is 12.2. The molecule has 0 aromatic heterocycles. The maximum atomic E-state index is 11.9. The van der Waals surface area contributed by atoms with E-state index in [9.17, 15) is 4.79 Å². The largest absolute Gasteiger partial charge is 0.355 e. The van der Waals surface area contributed by atoms with Gasteiger partial charge in [-0.25, -0.2) is 0 Å². The van der Waals surface area contributed by atoms with Crippen molar-refractivity contribution in [1.82, 2.24) is 16.0 Å². The lowest BCUT2D eigenvalue weighted by Crippen LogP contribution is -2.48. The van der Waals surface area contributed by atoms with Crippen molar-refractivity contribution in [3.63, 3.8) is 0 Å². The van der Waals surface area contributed by atoms with Crippen LogP contribution in [0.5, 0.6) is 0 Å². The molecule has 110 valence electrons. The molecule has 2 heterocycles. The van der Waals surface area contributed by atoms with E-state index in [-0.39, 0.29) is 11.9 Å². The molecule has 4 heteroatoms. The minimum absolute atomic E-state index is 0.0169. The van der Waals surface area contributed by atoms with Crippen LogP contribution >= 0.6 is 0 Å². The predicted molar refractivity (Wildman–Crippen MR) is 78.1 cm³/mol. The quantitative estimate of drug-likeness (QED) is 0.724. The monoisotopic (exact) mass is 267 g/mol. The summed E-state index contributed by atoms with van der Waals surface area (Å²) in [7, 11) is 0. The summed E-state index contributed by atoms with van der Waals surface area (Å²) in [5.74, 6) is 0.193. The normalized spacial score (nSPS) is 31.1. The lowest BCUT2D eigenvalue weighted by Gasteiger charge is -2.25. The van der Waals surface area contributed by atoms with E-state index >= 15 is 0 Å². The second kappa shape index (κ2) is 7.85. The van der Waals surface area contributed by atoms with Crippen LogP contribution in [0.1, 0.15) is 58.3 Å². The van der Waals surface area contributed by atoms with Gasteiger partial charge in [-0.05, 0) is 52.0 Å². The van der Waals surface area contributed by atoms with Gasteiger partial charge >= 0.3 is 0 Å². The summed E-state index contributed by atoms with van der Waals surface area (Å²) in [5.41, 5.74) is 0. The third-order valence-electron chi connectivity index (χ3n) is 4.32. The Morgan fingerprint density at radius 3 is 2.84 bits per heavy atom. The van der Waals surface area contributed by atoms with E-state index in [2.05, 4.69) is 22.9 Å². The smallest absolute Gasteiger partial charge is 0.237 e. The molecule has 2 saturated heterocycles. The summed E-state index contributed by atoms with van der Waals surface area (Å²) in [6.45, 7) is 4.21. The summed E-state index contributed by atoms with van der Waals surface area (Å²) in [6.07, 6.45) is 9.65. The minimum Gasteiger partial charge on any atom is -0.355 e. The van der Waals surface area contributed by atoms with Crippen LogP contribution < -0.4 is 16.0 Å². The van der Waals surface area contributed by atoms with Gasteiger partial charge in [0.15, 0.2) is 0 Å². The van der Waals surface area contributed by atoms with Gasteiger partial charge in [0.1, 0.15) is 0 Å². The number of amides is 1. The summed E-state index contributed by atoms with van der Waals surface area (Å²) in [5, 5.41) is 10.2. The Morgan fingerprint density at radius 2 is 1.95 bits per heavy atom. The second-order valence-corrected chi connectivity index (χ2v) is 6.14. The number of carbonyl (C=O) groups is 1. The molecular weight excluding hydrogens is 238 g/mol. The van der Waals surface area contributed by atoms with E-state index in [0.29, 0.717) is 12.1 Å². The topological polar surface area (TPSA) is 53.2 Å². The lowest BCUT2D eigenvalue weighted by molar-refractivity contribution is -0.123. The molecule has 3 atom stereocenters. The van der Waals surface area contributed by atoms with Crippen molar-refractivity contribution < 1.29 is 4.79 Å². The molecule has 2 aliphatic heterocycles. The molecule has 1 amide bonds. The minimum atomic E-state index is 0.0169. The van der Waals surface area contributed by atoms with Crippen molar-refractivity contribution in [3.8, 4) is 0 Å². The number of carbonyl (C=O) groups excluding carboxylic acids is 1. The van der Waals surface area contributed by atoms with Crippen LogP contribution in [0, 0.1) is 0 Å². The molecule has 3 unspecified atom stereocenters. The van der Waals surface area contributed by atoms with Crippen molar-refractivity contribution in [2.24, 2.45) is 0 Å². The third-order valence-corrected chi connectivity index (χ3v) is 4.32. The molecule has 2 fully saturated rings. The maximum absolute atomic E-state index is 11.9. The van der Waals surface area contributed by atoms with E-state index in [0.717, 1.165) is 38.8 Å². The fourth-order valence-electron chi connectivity index (χ4n) is 3.24. The standard InChI is InChI=1S/C15H29N3O/c1-12(11-13-7-3-2-5-9-16-13)18-14-8-4-6-10-17-15(14)19/h12-14,16,18H,2-11H2,1H3,(H,17,19). The highest BCUT2D eigenvalue weighted by Crippen LogP contribution is 2.14. The number of nitrogens with one attached hydrogen (secondary N) is 3. The predicted octanol–water partition coefficient (Wildman–Crippen LogP) is 1.56. The maximum Gasteiger partial charge on any atom is 0.237 e. The highest BCUT2D eigenvalue weighted by molar-refractivity contribution is 5.81. The van der Waals surface area contributed by atoms with Crippen LogP contribution in [-0.4, -0.2) is 37.1 Å². The summed E-state index contributed by atoms with van der Waals surface area (Å²) < 4.78 is 0. The Balaban J connectivity index is 1.75. The molecule has 2 aliphatic rings. The van der Waals surface area contributed by atoms with Crippen LogP contribution in [0.2, 0.25) is 0 Å². The van der Waals surface area contributed by atoms with Gasteiger partial charge in [-0.1, -0.05) is 12.8 Å². The van der Waals surface area contributed by atoms with Crippen molar-refractivity contribution in [3.05, 3.63) is 0 Å². The van der Waals surface area contributed by atoms with Gasteiger partial charge in [0.25, 0.3) is 0 Å². The van der Waals surface area contributed by atoms with Crippen molar-refractivity contribution in [2.75, 3.05) is 13.1 Å². The molecule has 0 saturated carbocycles. The molecule has 0 aromatic carbocycles. The molecular formula is C15H29N3O. The molecule has 0 spiro atoms. The first-order valence-electron chi connectivity index (χ1n) is 8.03. The first kappa shape index (κ1) is 14.8. The number of hydrogen-bond donors (Lipinski definition) is 3. The van der Waals surface area contributed by atoms with E-state index < -0.39 is 0 Å². The molecule has 3 N–H and O–H groups in total. The molecule has 4 nitrogen and oxygen atoms in total. The summed E-state index contributed by atoms with van der Waals surface area (Å²) in [4.78, 5) is 11.9. The van der Waals surface area contributed by atoms with Gasteiger partial charge in [0.2, 0.25) is 5.91 Å². The fourth-order valence-corrected chi connectivity index (χ4v) is 3.24. The highest BCUT2D eigenvalue weighted by atomic mass is 16.2. The van der Waals surface area contributed by atoms with Gasteiger partial charge in [-0.3, -0.25) is 4.79 Å². The summed E-state index contributed by atoms with van der Waals surface area (Å²) in [6, 6.07) is 1.05. The van der Waals surface area contributed by atoms with E-state index in [4.69, 9.17) is 0 Å². The van der Waals surface area contributed by atoms with Gasteiger partial charge in [-0.15, -0.1) is 0 Å². The summed E-state index contributed by atoms with van der Waals surface area (Å²) >= 11 is 0. The molecule has 0 aliphatic carbocycles. The first-order valence-corrected chi connectivity index (χ1v) is 8.03. The van der Waals surface area contributed by atoms with E-state index in [1.807, 2.05) is 0 Å². The molecule has 0 aromatic rings. The highest BCUT2D eigenvalue weighted by Gasteiger charge is 2.23. The molecule has 0 radical (unpaired) electrons. The Bertz CT molecular complexity index is 275. The van der Waals surface area contributed by atoms with Crippen molar-refractivity contribution in [1.29, 1.82) is 0 Å².